The largest absolute Gasteiger partial charge is 0.344 e. The van der Waals surface area contributed by atoms with Gasteiger partial charge in [-0.3, -0.25) is 19.7 Å². The van der Waals surface area contributed by atoms with Gasteiger partial charge in [-0.05, 0) is 37.3 Å². The van der Waals surface area contributed by atoms with E-state index in [1.807, 2.05) is 6.92 Å². The Balaban J connectivity index is 1.87. The molecule has 1 N–H and O–H groups in total. The maximum absolute atomic E-state index is 12.7. The van der Waals surface area contributed by atoms with Crippen molar-refractivity contribution in [2.45, 2.75) is 19.9 Å². The lowest BCUT2D eigenvalue weighted by Crippen LogP contribution is -2.28. The minimum atomic E-state index is -2.28. The predicted octanol–water partition coefficient (Wildman–Crippen LogP) is 5.09. The van der Waals surface area contributed by atoms with E-state index in [0.717, 1.165) is 0 Å². The smallest absolute Gasteiger partial charge is 0.251 e. The van der Waals surface area contributed by atoms with Crippen LogP contribution in [0.1, 0.15) is 35.9 Å². The number of carbonyl (C=O) groups is 1. The molecule has 1 aromatic carbocycles. The zero-order chi connectivity index (χ0) is 22.6. The summed E-state index contributed by atoms with van der Waals surface area (Å²) in [7, 11) is -2.28. The summed E-state index contributed by atoms with van der Waals surface area (Å²) in [5, 5.41) is 3.63. The molecule has 0 spiro atoms. The second-order valence-corrected chi connectivity index (χ2v) is 10.4. The predicted molar refractivity (Wildman–Crippen MR) is 124 cm³/mol. The van der Waals surface area contributed by atoms with Crippen LogP contribution >= 0.6 is 23.2 Å². The van der Waals surface area contributed by atoms with Gasteiger partial charge in [-0.1, -0.05) is 30.1 Å². The van der Waals surface area contributed by atoms with Crippen LogP contribution in [0.3, 0.4) is 0 Å². The van der Waals surface area contributed by atoms with Crippen LogP contribution in [0.25, 0.3) is 11.4 Å². The van der Waals surface area contributed by atoms with Gasteiger partial charge in [0.1, 0.15) is 5.69 Å². The highest BCUT2D eigenvalue weighted by molar-refractivity contribution is 7.93. The zero-order valence-corrected chi connectivity index (χ0v) is 19.5. The van der Waals surface area contributed by atoms with Gasteiger partial charge in [0.25, 0.3) is 5.91 Å². The molecule has 162 valence electrons. The third-order valence-corrected chi connectivity index (χ3v) is 6.54. The van der Waals surface area contributed by atoms with E-state index in [-0.39, 0.29) is 5.91 Å². The van der Waals surface area contributed by atoms with Crippen molar-refractivity contribution in [3.63, 3.8) is 0 Å². The molecular formula is C21H21Cl2N5O2S. The van der Waals surface area contributed by atoms with E-state index in [1.165, 1.54) is 0 Å². The number of aromatic nitrogens is 3. The van der Waals surface area contributed by atoms with Gasteiger partial charge in [0.15, 0.2) is 0 Å². The summed E-state index contributed by atoms with van der Waals surface area (Å²) < 4.78 is 16.5. The lowest BCUT2D eigenvalue weighted by atomic mass is 10.1. The molecule has 3 rings (SSSR count). The standard InChI is InChI=1S/C21H21Cl2N5O2S/c1-4-31(3,30)28-17-5-6-18(26-12-17)20-19(24-7-8-25-20)13(2)27-21(29)14-9-15(22)11-16(23)10-14/h5-13H,4H2,1-3H3,(H,27,29)/t13-,31?/m0/s1. The quantitative estimate of drug-likeness (QED) is 0.533. The summed E-state index contributed by atoms with van der Waals surface area (Å²) in [4.78, 5) is 25.8. The number of hydrogen-bond acceptors (Lipinski definition) is 6. The van der Waals surface area contributed by atoms with E-state index in [1.54, 1.807) is 62.1 Å². The second-order valence-electron chi connectivity index (χ2n) is 6.88. The number of nitrogens with zero attached hydrogens (tertiary/aromatic N) is 4. The van der Waals surface area contributed by atoms with E-state index in [2.05, 4.69) is 24.6 Å². The Hall–Kier alpha value is -2.55. The number of carbonyl (C=O) groups excluding carboxylic acids is 1. The fraction of sp³-hybridized carbons (Fsp3) is 0.238. The van der Waals surface area contributed by atoms with Gasteiger partial charge in [-0.15, -0.1) is 0 Å². The van der Waals surface area contributed by atoms with E-state index >= 15 is 0 Å². The van der Waals surface area contributed by atoms with Crippen LogP contribution in [-0.2, 0) is 9.73 Å². The minimum Gasteiger partial charge on any atom is -0.344 e. The average molecular weight is 478 g/mol. The Bertz CT molecular complexity index is 1200. The summed E-state index contributed by atoms with van der Waals surface area (Å²) in [6, 6.07) is 7.65. The third-order valence-electron chi connectivity index (χ3n) is 4.43. The molecule has 0 saturated carbocycles. The first-order valence-corrected chi connectivity index (χ1v) is 12.3. The molecule has 0 aliphatic carbocycles. The molecule has 2 heterocycles. The van der Waals surface area contributed by atoms with Crippen molar-refractivity contribution in [1.82, 2.24) is 20.3 Å². The van der Waals surface area contributed by atoms with Crippen LogP contribution in [0, 0.1) is 0 Å². The van der Waals surface area contributed by atoms with E-state index in [0.29, 0.717) is 44.1 Å². The van der Waals surface area contributed by atoms with E-state index in [4.69, 9.17) is 23.2 Å². The molecule has 2 atom stereocenters. The fourth-order valence-corrected chi connectivity index (χ4v) is 3.97. The fourth-order valence-electron chi connectivity index (χ4n) is 2.76. The van der Waals surface area contributed by atoms with Crippen molar-refractivity contribution in [3.05, 3.63) is 70.2 Å². The summed E-state index contributed by atoms with van der Waals surface area (Å²) >= 11 is 12.0. The maximum Gasteiger partial charge on any atom is 0.251 e. The summed E-state index contributed by atoms with van der Waals surface area (Å²) in [6.45, 7) is 3.63. The van der Waals surface area contributed by atoms with Crippen molar-refractivity contribution in [1.29, 1.82) is 0 Å². The SMILES string of the molecule is CCS(C)(=O)=Nc1ccc(-c2nccnc2[C@H](C)NC(=O)c2cc(Cl)cc(Cl)c2)nc1. The lowest BCUT2D eigenvalue weighted by Gasteiger charge is -2.16. The Kier molecular flexibility index (Phi) is 7.25. The molecule has 7 nitrogen and oxygen atoms in total. The number of benzene rings is 1. The molecule has 0 saturated heterocycles. The monoisotopic (exact) mass is 477 g/mol. The molecular weight excluding hydrogens is 457 g/mol. The molecule has 0 aliphatic rings. The number of pyridine rings is 1. The van der Waals surface area contributed by atoms with Crippen LogP contribution in [0.4, 0.5) is 5.69 Å². The normalized spacial score (nSPS) is 13.8. The topological polar surface area (TPSA) is 97.2 Å². The number of halogens is 2. The zero-order valence-electron chi connectivity index (χ0n) is 17.2. The number of amides is 1. The summed E-state index contributed by atoms with van der Waals surface area (Å²) in [6.07, 6.45) is 6.26. The van der Waals surface area contributed by atoms with Crippen LogP contribution in [0.5, 0.6) is 0 Å². The highest BCUT2D eigenvalue weighted by atomic mass is 35.5. The highest BCUT2D eigenvalue weighted by Crippen LogP contribution is 2.25. The summed E-state index contributed by atoms with van der Waals surface area (Å²) in [5.74, 6) is 0.117. The van der Waals surface area contributed by atoms with E-state index in [9.17, 15) is 9.00 Å². The van der Waals surface area contributed by atoms with E-state index < -0.39 is 15.8 Å². The molecule has 31 heavy (non-hydrogen) atoms. The number of rotatable bonds is 6. The Morgan fingerprint density at radius 2 is 1.81 bits per heavy atom. The van der Waals surface area contributed by atoms with Crippen molar-refractivity contribution in [2.75, 3.05) is 12.0 Å². The molecule has 0 bridgehead atoms. The van der Waals surface area contributed by atoms with Crippen molar-refractivity contribution in [3.8, 4) is 11.4 Å². The highest BCUT2D eigenvalue weighted by Gasteiger charge is 2.19. The van der Waals surface area contributed by atoms with Gasteiger partial charge in [0, 0.05) is 49.7 Å². The average Bonchev–Trinajstić information content (AvgIpc) is 2.73. The second kappa shape index (κ2) is 9.72. The summed E-state index contributed by atoms with van der Waals surface area (Å²) in [5.41, 5.74) is 2.52. The van der Waals surface area contributed by atoms with Crippen LogP contribution < -0.4 is 5.32 Å². The van der Waals surface area contributed by atoms with Gasteiger partial charge in [-0.2, -0.15) is 4.36 Å². The molecule has 10 heteroatoms. The molecule has 3 aromatic rings. The first-order valence-electron chi connectivity index (χ1n) is 9.42. The van der Waals surface area contributed by atoms with Crippen LogP contribution in [-0.4, -0.2) is 37.1 Å². The molecule has 1 amide bonds. The van der Waals surface area contributed by atoms with Gasteiger partial charge in [0.2, 0.25) is 0 Å². The molecule has 0 radical (unpaired) electrons. The Labute approximate surface area is 191 Å². The van der Waals surface area contributed by atoms with Crippen molar-refractivity contribution < 1.29 is 9.00 Å². The molecule has 2 aromatic heterocycles. The Morgan fingerprint density at radius 3 is 2.42 bits per heavy atom. The third kappa shape index (κ3) is 6.00. The molecule has 0 aliphatic heterocycles. The van der Waals surface area contributed by atoms with Gasteiger partial charge in [-0.25, -0.2) is 4.21 Å². The number of nitrogens with one attached hydrogen (secondary N) is 1. The first kappa shape index (κ1) is 23.1. The van der Waals surface area contributed by atoms with Crippen molar-refractivity contribution >= 4 is 44.5 Å². The Morgan fingerprint density at radius 1 is 1.13 bits per heavy atom. The van der Waals surface area contributed by atoms with Crippen LogP contribution in [0.15, 0.2) is 53.3 Å². The van der Waals surface area contributed by atoms with Crippen molar-refractivity contribution in [2.24, 2.45) is 4.36 Å². The van der Waals surface area contributed by atoms with Gasteiger partial charge >= 0.3 is 0 Å². The minimum absolute atomic E-state index is 0.340. The van der Waals surface area contributed by atoms with Gasteiger partial charge in [0.05, 0.1) is 29.3 Å². The molecule has 0 fully saturated rings. The lowest BCUT2D eigenvalue weighted by molar-refractivity contribution is 0.0939. The van der Waals surface area contributed by atoms with Crippen LogP contribution in [0.2, 0.25) is 10.0 Å². The maximum atomic E-state index is 12.7. The number of hydrogen-bond donors (Lipinski definition) is 1. The van der Waals surface area contributed by atoms with Gasteiger partial charge < -0.3 is 5.32 Å². The molecule has 1 unspecified atom stereocenters. The first-order chi connectivity index (χ1) is 14.7.